The van der Waals surface area contributed by atoms with E-state index in [-0.39, 0.29) is 0 Å². The predicted octanol–water partition coefficient (Wildman–Crippen LogP) is 3.34. The third-order valence-corrected chi connectivity index (χ3v) is 5.00. The van der Waals surface area contributed by atoms with E-state index in [4.69, 9.17) is 34.0 Å². The molecule has 1 aromatic rings. The molecule has 10 heteroatoms. The molecule has 2 heterocycles. The van der Waals surface area contributed by atoms with Gasteiger partial charge in [-0.2, -0.15) is 0 Å². The van der Waals surface area contributed by atoms with Gasteiger partial charge in [0.05, 0.1) is 13.2 Å². The molecule has 0 bridgehead atoms. The number of ether oxygens (including phenoxy) is 6. The van der Waals surface area contributed by atoms with Crippen molar-refractivity contribution in [3.63, 3.8) is 0 Å². The summed E-state index contributed by atoms with van der Waals surface area (Å²) in [5.74, 6) is 0.699. The second kappa shape index (κ2) is 10.5. The highest BCUT2D eigenvalue weighted by Gasteiger charge is 2.49. The average molecular weight is 421 g/mol. The summed E-state index contributed by atoms with van der Waals surface area (Å²) in [5, 5.41) is 3.87. The van der Waals surface area contributed by atoms with Crippen molar-refractivity contribution >= 4 is 5.97 Å². The minimum atomic E-state index is -0.940. The number of nitrogens with zero attached hydrogens (tertiary/aromatic N) is 3. The van der Waals surface area contributed by atoms with Crippen molar-refractivity contribution in [3.8, 4) is 11.5 Å². The molecule has 30 heavy (non-hydrogen) atoms. The standard InChI is InChI=1S/C20H27N3O7/c1-12-18(28-13(2)24)19(30-16-6-4-5-11-26-16)17(22-23-21)20(27-12)29-15-9-7-14(25-3)8-10-15/h7-10,12,16-20H,4-6,11H2,1-3H3/t12-,16?,17-,18+,19-,20+/m1/s1. The molecule has 164 valence electrons. The molecule has 6 atom stereocenters. The lowest BCUT2D eigenvalue weighted by atomic mass is 9.97. The molecule has 2 aliphatic heterocycles. The molecule has 0 aliphatic carbocycles. The molecule has 2 aliphatic rings. The van der Waals surface area contributed by atoms with Crippen LogP contribution >= 0.6 is 0 Å². The topological polar surface area (TPSA) is 121 Å². The number of benzene rings is 1. The van der Waals surface area contributed by atoms with Crippen molar-refractivity contribution in [3.05, 3.63) is 34.7 Å². The molecule has 0 aromatic heterocycles. The molecule has 0 amide bonds. The number of carbonyl (C=O) groups excluding carboxylic acids is 1. The Kier molecular flexibility index (Phi) is 7.75. The SMILES string of the molecule is COc1ccc(O[C@@H]2O[C@H](C)[C@H](OC(C)=O)[C@H](OC3CCCCO3)[C@H]2N=[N+]=[N-])cc1. The Balaban J connectivity index is 1.84. The fourth-order valence-electron chi connectivity index (χ4n) is 3.56. The normalized spacial score (nSPS) is 31.3. The molecule has 0 saturated carbocycles. The minimum Gasteiger partial charge on any atom is -0.497 e. The lowest BCUT2D eigenvalue weighted by Gasteiger charge is -2.44. The van der Waals surface area contributed by atoms with E-state index in [0.717, 1.165) is 12.8 Å². The van der Waals surface area contributed by atoms with Crippen LogP contribution in [0.1, 0.15) is 33.1 Å². The van der Waals surface area contributed by atoms with Gasteiger partial charge in [0.25, 0.3) is 0 Å². The Hall–Kier alpha value is -2.52. The second-order valence-corrected chi connectivity index (χ2v) is 7.17. The Morgan fingerprint density at radius 2 is 1.93 bits per heavy atom. The van der Waals surface area contributed by atoms with Gasteiger partial charge in [-0.25, -0.2) is 0 Å². The first-order chi connectivity index (χ1) is 14.5. The first-order valence-electron chi connectivity index (χ1n) is 9.96. The number of rotatable bonds is 7. The molecule has 0 N–H and O–H groups in total. The summed E-state index contributed by atoms with van der Waals surface area (Å²) in [7, 11) is 1.57. The van der Waals surface area contributed by atoms with Gasteiger partial charge in [-0.05, 0) is 56.0 Å². The third-order valence-electron chi connectivity index (χ3n) is 5.00. The van der Waals surface area contributed by atoms with Crippen molar-refractivity contribution in [2.45, 2.75) is 70.0 Å². The van der Waals surface area contributed by atoms with E-state index in [1.54, 1.807) is 38.3 Å². The fraction of sp³-hybridized carbons (Fsp3) is 0.650. The van der Waals surface area contributed by atoms with E-state index in [9.17, 15) is 4.79 Å². The van der Waals surface area contributed by atoms with E-state index >= 15 is 0 Å². The summed E-state index contributed by atoms with van der Waals surface area (Å²) in [6.07, 6.45) is -0.934. The summed E-state index contributed by atoms with van der Waals surface area (Å²) in [5.41, 5.74) is 9.16. The molecule has 1 aromatic carbocycles. The molecule has 1 unspecified atom stereocenters. The van der Waals surface area contributed by atoms with E-state index in [2.05, 4.69) is 10.0 Å². The lowest BCUT2D eigenvalue weighted by molar-refractivity contribution is -0.280. The number of azide groups is 1. The fourth-order valence-corrected chi connectivity index (χ4v) is 3.56. The Morgan fingerprint density at radius 1 is 1.20 bits per heavy atom. The van der Waals surface area contributed by atoms with Crippen LogP contribution in [0.25, 0.3) is 10.4 Å². The van der Waals surface area contributed by atoms with Crippen molar-refractivity contribution < 1.29 is 33.2 Å². The molecule has 10 nitrogen and oxygen atoms in total. The van der Waals surface area contributed by atoms with Gasteiger partial charge in [0.15, 0.2) is 12.4 Å². The zero-order valence-electron chi connectivity index (χ0n) is 17.3. The van der Waals surface area contributed by atoms with Crippen LogP contribution in [0.15, 0.2) is 29.4 Å². The highest BCUT2D eigenvalue weighted by atomic mass is 16.7. The molecular weight excluding hydrogens is 394 g/mol. The highest BCUT2D eigenvalue weighted by Crippen LogP contribution is 2.32. The van der Waals surface area contributed by atoms with E-state index in [1.165, 1.54) is 6.92 Å². The number of hydrogen-bond donors (Lipinski definition) is 0. The van der Waals surface area contributed by atoms with Gasteiger partial charge in [0.2, 0.25) is 6.29 Å². The smallest absolute Gasteiger partial charge is 0.303 e. The number of carbonyl (C=O) groups is 1. The van der Waals surface area contributed by atoms with Gasteiger partial charge < -0.3 is 28.4 Å². The summed E-state index contributed by atoms with van der Waals surface area (Å²) in [6, 6.07) is 6.03. The van der Waals surface area contributed by atoms with Gasteiger partial charge in [0, 0.05) is 18.4 Å². The predicted molar refractivity (Wildman–Crippen MR) is 105 cm³/mol. The van der Waals surface area contributed by atoms with Crippen LogP contribution in [-0.4, -0.2) is 56.6 Å². The Morgan fingerprint density at radius 3 is 2.53 bits per heavy atom. The molecular formula is C20H27N3O7. The molecule has 2 fully saturated rings. The van der Waals surface area contributed by atoms with Crippen molar-refractivity contribution in [1.29, 1.82) is 0 Å². The minimum absolute atomic E-state index is 0.481. The zero-order chi connectivity index (χ0) is 21.5. The molecule has 2 saturated heterocycles. The first kappa shape index (κ1) is 22.2. The van der Waals surface area contributed by atoms with Gasteiger partial charge in [-0.3, -0.25) is 4.79 Å². The van der Waals surface area contributed by atoms with Crippen LogP contribution in [0, 0.1) is 0 Å². The van der Waals surface area contributed by atoms with Gasteiger partial charge in [0.1, 0.15) is 23.6 Å². The zero-order valence-corrected chi connectivity index (χ0v) is 17.3. The van der Waals surface area contributed by atoms with Crippen molar-refractivity contribution in [1.82, 2.24) is 0 Å². The van der Waals surface area contributed by atoms with Gasteiger partial charge in [-0.15, -0.1) is 0 Å². The number of hydrogen-bond acceptors (Lipinski definition) is 8. The molecule has 3 rings (SSSR count). The monoisotopic (exact) mass is 421 g/mol. The number of methoxy groups -OCH3 is 1. The Labute approximate surface area is 175 Å². The van der Waals surface area contributed by atoms with Crippen LogP contribution in [-0.2, 0) is 23.7 Å². The van der Waals surface area contributed by atoms with E-state index in [1.807, 2.05) is 0 Å². The summed E-state index contributed by atoms with van der Waals surface area (Å²) >= 11 is 0. The molecule has 0 spiro atoms. The van der Waals surface area contributed by atoms with Crippen LogP contribution in [0.2, 0.25) is 0 Å². The Bertz CT molecular complexity index is 747. The second-order valence-electron chi connectivity index (χ2n) is 7.17. The van der Waals surface area contributed by atoms with Crippen LogP contribution in [0.4, 0.5) is 0 Å². The van der Waals surface area contributed by atoms with Crippen LogP contribution in [0.5, 0.6) is 11.5 Å². The van der Waals surface area contributed by atoms with Gasteiger partial charge in [-0.1, -0.05) is 5.11 Å². The largest absolute Gasteiger partial charge is 0.497 e. The first-order valence-corrected chi connectivity index (χ1v) is 9.96. The maximum Gasteiger partial charge on any atom is 0.303 e. The van der Waals surface area contributed by atoms with Crippen molar-refractivity contribution in [2.24, 2.45) is 5.11 Å². The highest BCUT2D eigenvalue weighted by molar-refractivity contribution is 5.66. The number of esters is 1. The lowest BCUT2D eigenvalue weighted by Crippen LogP contribution is -2.60. The third kappa shape index (κ3) is 5.54. The van der Waals surface area contributed by atoms with Gasteiger partial charge >= 0.3 is 5.97 Å². The van der Waals surface area contributed by atoms with Crippen LogP contribution in [0.3, 0.4) is 0 Å². The van der Waals surface area contributed by atoms with Crippen LogP contribution < -0.4 is 9.47 Å². The molecule has 0 radical (unpaired) electrons. The maximum absolute atomic E-state index is 11.7. The quantitative estimate of drug-likeness (QED) is 0.286. The van der Waals surface area contributed by atoms with E-state index in [0.29, 0.717) is 24.5 Å². The summed E-state index contributed by atoms with van der Waals surface area (Å²) in [6.45, 7) is 3.64. The van der Waals surface area contributed by atoms with E-state index < -0.39 is 42.9 Å². The maximum atomic E-state index is 11.7. The summed E-state index contributed by atoms with van der Waals surface area (Å²) in [4.78, 5) is 14.6. The average Bonchev–Trinajstić information content (AvgIpc) is 2.74. The van der Waals surface area contributed by atoms with Crippen molar-refractivity contribution in [2.75, 3.05) is 13.7 Å². The summed E-state index contributed by atoms with van der Waals surface area (Å²) < 4.78 is 34.3.